The van der Waals surface area contributed by atoms with Gasteiger partial charge in [-0.05, 0) is 111 Å². The van der Waals surface area contributed by atoms with Crippen LogP contribution in [0.3, 0.4) is 0 Å². The molecule has 5 heteroatoms. The average molecular weight is 892 g/mol. The van der Waals surface area contributed by atoms with Crippen LogP contribution < -0.4 is 0 Å². The number of benzene rings is 10. The second kappa shape index (κ2) is 16.3. The van der Waals surface area contributed by atoms with E-state index in [2.05, 4.69) is 225 Å². The van der Waals surface area contributed by atoms with E-state index >= 15 is 0 Å². The first-order chi connectivity index (χ1) is 33.6. The standard InChI is InChI=1S/C63H45N3OS/c1-3-39(2)61(65-63(46-30-34-58-51(36-46)48-21-12-14-24-57(48)68-58)64-38-40-25-27-42(28-26-40)41-15-5-4-6-16-41)50-31-33-54(60-49-22-11-13-23-56(49)67-62(50)60)66-53-32-29-43-17-9-10-20-47(43)59(53)52-35-44-18-7-8-19-45(44)37-55(52)66/h4-37,39H,3,38H2,1-2H3. The zero-order valence-corrected chi connectivity index (χ0v) is 38.6. The monoisotopic (exact) mass is 891 g/mol. The molecule has 13 aromatic rings. The molecule has 3 heterocycles. The van der Waals surface area contributed by atoms with Crippen LogP contribution in [0.4, 0.5) is 0 Å². The Hall–Kier alpha value is -8.12. The van der Waals surface area contributed by atoms with Gasteiger partial charge in [0.15, 0.2) is 5.84 Å². The molecule has 0 aliphatic carbocycles. The second-order valence-electron chi connectivity index (χ2n) is 18.0. The molecule has 13 rings (SSSR count). The Labute approximate surface area is 397 Å². The lowest BCUT2D eigenvalue weighted by Gasteiger charge is -2.17. The molecule has 0 bridgehead atoms. The molecule has 1 unspecified atom stereocenters. The lowest BCUT2D eigenvalue weighted by atomic mass is 9.93. The fraction of sp³-hybridized carbons (Fsp3) is 0.0794. The first-order valence-corrected chi connectivity index (χ1v) is 24.4. The minimum absolute atomic E-state index is 0.0873. The summed E-state index contributed by atoms with van der Waals surface area (Å²) >= 11 is 1.83. The predicted octanol–water partition coefficient (Wildman–Crippen LogP) is 17.5. The van der Waals surface area contributed by atoms with Gasteiger partial charge in [0, 0.05) is 47.5 Å². The number of fused-ring (bicyclic) bond motifs is 12. The SMILES string of the molecule is CCC(C)C(=NC(=NCc1ccc(-c2ccccc2)cc1)c1ccc2sc3ccccc3c2c1)c1ccc(-n2c3cc4ccccc4cc3c3c4ccccc4ccc32)c2c1oc1ccccc12. The van der Waals surface area contributed by atoms with Gasteiger partial charge in [-0.3, -0.25) is 4.99 Å². The topological polar surface area (TPSA) is 42.8 Å². The number of thiophene rings is 1. The number of rotatable bonds is 8. The molecule has 10 aromatic carbocycles. The Bertz CT molecular complexity index is 4170. The highest BCUT2D eigenvalue weighted by molar-refractivity contribution is 7.25. The van der Waals surface area contributed by atoms with Gasteiger partial charge in [0.1, 0.15) is 11.2 Å². The molecule has 0 fully saturated rings. The number of hydrogen-bond acceptors (Lipinski definition) is 3. The van der Waals surface area contributed by atoms with E-state index in [9.17, 15) is 0 Å². The second-order valence-corrected chi connectivity index (χ2v) is 19.1. The largest absolute Gasteiger partial charge is 0.455 e. The molecular weight excluding hydrogens is 847 g/mol. The molecule has 0 spiro atoms. The van der Waals surface area contributed by atoms with Crippen molar-refractivity contribution in [2.24, 2.45) is 15.9 Å². The van der Waals surface area contributed by atoms with Gasteiger partial charge >= 0.3 is 0 Å². The number of furan rings is 1. The molecule has 324 valence electrons. The van der Waals surface area contributed by atoms with Crippen LogP contribution >= 0.6 is 11.3 Å². The average Bonchev–Trinajstić information content (AvgIpc) is 4.08. The van der Waals surface area contributed by atoms with Crippen molar-refractivity contribution in [1.82, 2.24) is 4.57 Å². The Morgan fingerprint density at radius 2 is 1.24 bits per heavy atom. The highest BCUT2D eigenvalue weighted by atomic mass is 32.1. The van der Waals surface area contributed by atoms with Gasteiger partial charge in [-0.15, -0.1) is 11.3 Å². The molecule has 0 radical (unpaired) electrons. The van der Waals surface area contributed by atoms with Crippen molar-refractivity contribution >= 4 is 108 Å². The molecule has 0 N–H and O–H groups in total. The number of aliphatic imine (C=N–C) groups is 2. The molecule has 0 aliphatic heterocycles. The van der Waals surface area contributed by atoms with E-state index < -0.39 is 0 Å². The Kier molecular flexibility index (Phi) is 9.65. The maximum Gasteiger partial charge on any atom is 0.155 e. The van der Waals surface area contributed by atoms with Crippen molar-refractivity contribution < 1.29 is 4.42 Å². The van der Waals surface area contributed by atoms with E-state index in [0.717, 1.165) is 67.5 Å². The Morgan fingerprint density at radius 1 is 0.544 bits per heavy atom. The first-order valence-electron chi connectivity index (χ1n) is 23.6. The van der Waals surface area contributed by atoms with Gasteiger partial charge in [0.2, 0.25) is 0 Å². The van der Waals surface area contributed by atoms with Gasteiger partial charge in [-0.1, -0.05) is 159 Å². The van der Waals surface area contributed by atoms with E-state index in [0.29, 0.717) is 12.4 Å². The van der Waals surface area contributed by atoms with Crippen LogP contribution in [0, 0.1) is 5.92 Å². The third kappa shape index (κ3) is 6.64. The zero-order chi connectivity index (χ0) is 45.3. The van der Waals surface area contributed by atoms with Crippen LogP contribution in [0.5, 0.6) is 0 Å². The molecule has 0 amide bonds. The van der Waals surface area contributed by atoms with E-state index in [1.54, 1.807) is 0 Å². The van der Waals surface area contributed by atoms with Crippen LogP contribution in [-0.4, -0.2) is 16.1 Å². The summed E-state index contributed by atoms with van der Waals surface area (Å²) < 4.78 is 12.1. The number of amidine groups is 1. The summed E-state index contributed by atoms with van der Waals surface area (Å²) in [6.45, 7) is 5.01. The lowest BCUT2D eigenvalue weighted by Crippen LogP contribution is -2.16. The maximum absolute atomic E-state index is 7.09. The van der Waals surface area contributed by atoms with Crippen LogP contribution in [-0.2, 0) is 6.54 Å². The summed E-state index contributed by atoms with van der Waals surface area (Å²) in [4.78, 5) is 11.1. The van der Waals surface area contributed by atoms with Gasteiger partial charge in [0.05, 0.1) is 34.4 Å². The van der Waals surface area contributed by atoms with Crippen molar-refractivity contribution in [3.05, 3.63) is 223 Å². The number of nitrogens with zero attached hydrogens (tertiary/aromatic N) is 3. The van der Waals surface area contributed by atoms with Crippen molar-refractivity contribution in [2.45, 2.75) is 26.8 Å². The fourth-order valence-electron chi connectivity index (χ4n) is 10.3. The molecule has 68 heavy (non-hydrogen) atoms. The van der Waals surface area contributed by atoms with E-state index in [1.807, 2.05) is 11.3 Å². The first kappa shape index (κ1) is 40.2. The highest BCUT2D eigenvalue weighted by Crippen LogP contribution is 2.44. The van der Waals surface area contributed by atoms with Crippen LogP contribution in [0.15, 0.2) is 221 Å². The minimum Gasteiger partial charge on any atom is -0.455 e. The quantitative estimate of drug-likeness (QED) is 0.111. The van der Waals surface area contributed by atoms with Gasteiger partial charge < -0.3 is 8.98 Å². The molecule has 0 saturated heterocycles. The van der Waals surface area contributed by atoms with Crippen LogP contribution in [0.2, 0.25) is 0 Å². The predicted molar refractivity (Wildman–Crippen MR) is 291 cm³/mol. The molecular formula is C63H45N3OS. The smallest absolute Gasteiger partial charge is 0.155 e. The summed E-state index contributed by atoms with van der Waals surface area (Å²) in [5.74, 6) is 0.795. The van der Waals surface area contributed by atoms with Crippen molar-refractivity contribution in [1.29, 1.82) is 0 Å². The van der Waals surface area contributed by atoms with Gasteiger partial charge in [0.25, 0.3) is 0 Å². The Balaban J connectivity index is 1.04. The third-order valence-corrected chi connectivity index (χ3v) is 15.1. The van der Waals surface area contributed by atoms with Gasteiger partial charge in [-0.25, -0.2) is 4.99 Å². The Morgan fingerprint density at radius 3 is 2.06 bits per heavy atom. The maximum atomic E-state index is 7.09. The van der Waals surface area contributed by atoms with E-state index in [1.165, 1.54) is 63.6 Å². The van der Waals surface area contributed by atoms with Crippen molar-refractivity contribution in [2.75, 3.05) is 0 Å². The molecule has 4 nitrogen and oxygen atoms in total. The highest BCUT2D eigenvalue weighted by Gasteiger charge is 2.25. The summed E-state index contributed by atoms with van der Waals surface area (Å²) in [6, 6.07) is 74.4. The van der Waals surface area contributed by atoms with Crippen LogP contribution in [0.1, 0.15) is 37.0 Å². The van der Waals surface area contributed by atoms with E-state index in [4.69, 9.17) is 14.4 Å². The van der Waals surface area contributed by atoms with Gasteiger partial charge in [-0.2, -0.15) is 0 Å². The summed E-state index contributed by atoms with van der Waals surface area (Å²) in [6.07, 6.45) is 0.887. The number of para-hydroxylation sites is 1. The number of hydrogen-bond donors (Lipinski definition) is 0. The van der Waals surface area contributed by atoms with Crippen molar-refractivity contribution in [3.63, 3.8) is 0 Å². The number of aromatic nitrogens is 1. The summed E-state index contributed by atoms with van der Waals surface area (Å²) in [5, 5.41) is 12.0. The lowest BCUT2D eigenvalue weighted by molar-refractivity contribution is 0.665. The summed E-state index contributed by atoms with van der Waals surface area (Å²) in [5.41, 5.74) is 11.5. The third-order valence-electron chi connectivity index (χ3n) is 14.0. The van der Waals surface area contributed by atoms with Crippen LogP contribution in [0.25, 0.3) is 102 Å². The molecule has 3 aromatic heterocycles. The molecule has 0 saturated carbocycles. The van der Waals surface area contributed by atoms with E-state index in [-0.39, 0.29) is 5.92 Å². The zero-order valence-electron chi connectivity index (χ0n) is 37.8. The molecule has 0 aliphatic rings. The van der Waals surface area contributed by atoms with Crippen molar-refractivity contribution in [3.8, 4) is 16.8 Å². The normalized spacial score (nSPS) is 13.1. The molecule has 1 atom stereocenters. The minimum atomic E-state index is 0.0873. The fourth-order valence-corrected chi connectivity index (χ4v) is 11.4. The summed E-state index contributed by atoms with van der Waals surface area (Å²) in [7, 11) is 0.